The van der Waals surface area contributed by atoms with Gasteiger partial charge in [0.05, 0.1) is 10.5 Å². The molecule has 0 amide bonds. The lowest BCUT2D eigenvalue weighted by Gasteiger charge is -2.20. The van der Waals surface area contributed by atoms with Gasteiger partial charge in [0, 0.05) is 8.95 Å². The third-order valence-electron chi connectivity index (χ3n) is 3.15. The average Bonchev–Trinajstić information content (AvgIpc) is 2.40. The van der Waals surface area contributed by atoms with Crippen LogP contribution in [-0.2, 0) is 0 Å². The highest BCUT2D eigenvalue weighted by atomic mass is 79.9. The van der Waals surface area contributed by atoms with Gasteiger partial charge in [0.1, 0.15) is 5.82 Å². The molecule has 1 N–H and O–H groups in total. The van der Waals surface area contributed by atoms with E-state index in [4.69, 9.17) is 0 Å². The van der Waals surface area contributed by atoms with Gasteiger partial charge in [-0.15, -0.1) is 0 Å². The van der Waals surface area contributed by atoms with E-state index >= 15 is 0 Å². The minimum absolute atomic E-state index is 0.0156. The molecule has 0 saturated carbocycles. The molecule has 1 nitrogen and oxygen atoms in total. The van der Waals surface area contributed by atoms with Crippen molar-refractivity contribution in [3.05, 3.63) is 66.3 Å². The first-order valence-corrected chi connectivity index (χ1v) is 8.39. The molecule has 2 aromatic rings. The summed E-state index contributed by atoms with van der Waals surface area (Å²) in [5.41, 5.74) is 3.26. The van der Waals surface area contributed by atoms with Crippen LogP contribution in [0.5, 0.6) is 0 Å². The molecule has 0 aliphatic carbocycles. The van der Waals surface area contributed by atoms with Crippen LogP contribution >= 0.6 is 47.8 Å². The molecule has 1 unspecified atom stereocenters. The number of halogens is 4. The summed E-state index contributed by atoms with van der Waals surface area (Å²) in [6.45, 7) is 2.04. The van der Waals surface area contributed by atoms with Gasteiger partial charge in [0.25, 0.3) is 0 Å². The number of benzene rings is 2. The van der Waals surface area contributed by atoms with E-state index < -0.39 is 0 Å². The first-order valence-electron chi connectivity index (χ1n) is 6.01. The average molecular weight is 466 g/mol. The molecule has 0 bridgehead atoms. The van der Waals surface area contributed by atoms with Crippen molar-refractivity contribution in [2.24, 2.45) is 0 Å². The van der Waals surface area contributed by atoms with Crippen LogP contribution in [0.3, 0.4) is 0 Å². The monoisotopic (exact) mass is 463 g/mol. The molecule has 20 heavy (non-hydrogen) atoms. The number of aryl methyl sites for hydroxylation is 1. The SMILES string of the molecule is CNC(c1ccc(F)c(Br)c1)c1cc(Br)c(C)cc1Br. The smallest absolute Gasteiger partial charge is 0.137 e. The maximum Gasteiger partial charge on any atom is 0.137 e. The summed E-state index contributed by atoms with van der Waals surface area (Å²) in [6.07, 6.45) is 0. The lowest BCUT2D eigenvalue weighted by Crippen LogP contribution is -2.18. The van der Waals surface area contributed by atoms with E-state index in [1.54, 1.807) is 12.1 Å². The van der Waals surface area contributed by atoms with E-state index in [1.165, 1.54) is 6.07 Å². The van der Waals surface area contributed by atoms with Crippen molar-refractivity contribution >= 4 is 47.8 Å². The molecule has 0 fully saturated rings. The largest absolute Gasteiger partial charge is 0.309 e. The molecule has 0 aliphatic rings. The van der Waals surface area contributed by atoms with E-state index in [1.807, 2.05) is 14.0 Å². The molecular weight excluding hydrogens is 453 g/mol. The zero-order chi connectivity index (χ0) is 14.9. The Morgan fingerprint density at radius 2 is 1.70 bits per heavy atom. The molecule has 0 heterocycles. The highest BCUT2D eigenvalue weighted by molar-refractivity contribution is 9.11. The Hall–Kier alpha value is -0.230. The van der Waals surface area contributed by atoms with Crippen molar-refractivity contribution in [1.82, 2.24) is 5.32 Å². The van der Waals surface area contributed by atoms with Gasteiger partial charge in [-0.25, -0.2) is 4.39 Å². The standard InChI is InChI=1S/C15H13Br3FN/c1-8-5-12(17)10(7-11(8)16)15(20-2)9-3-4-14(19)13(18)6-9/h3-7,15,20H,1-2H3. The Bertz CT molecular complexity index is 643. The highest BCUT2D eigenvalue weighted by Gasteiger charge is 2.17. The maximum atomic E-state index is 13.4. The molecule has 5 heteroatoms. The maximum absolute atomic E-state index is 13.4. The van der Waals surface area contributed by atoms with E-state index in [2.05, 4.69) is 65.2 Å². The predicted octanol–water partition coefficient (Wildman–Crippen LogP) is 5.73. The molecule has 0 saturated heterocycles. The quantitative estimate of drug-likeness (QED) is 0.610. The fourth-order valence-electron chi connectivity index (χ4n) is 2.08. The molecule has 2 rings (SSSR count). The zero-order valence-corrected chi connectivity index (χ0v) is 15.7. The molecule has 0 aromatic heterocycles. The molecule has 2 aromatic carbocycles. The van der Waals surface area contributed by atoms with Crippen LogP contribution in [0.2, 0.25) is 0 Å². The van der Waals surface area contributed by atoms with Crippen LogP contribution in [0.4, 0.5) is 4.39 Å². The minimum Gasteiger partial charge on any atom is -0.309 e. The molecule has 0 spiro atoms. The van der Waals surface area contributed by atoms with Crippen molar-refractivity contribution in [3.8, 4) is 0 Å². The van der Waals surface area contributed by atoms with Gasteiger partial charge in [-0.3, -0.25) is 0 Å². The number of rotatable bonds is 3. The zero-order valence-electron chi connectivity index (χ0n) is 11.0. The van der Waals surface area contributed by atoms with Gasteiger partial charge in [0.2, 0.25) is 0 Å². The summed E-state index contributed by atoms with van der Waals surface area (Å²) < 4.78 is 15.9. The Morgan fingerprint density at radius 3 is 2.30 bits per heavy atom. The molecule has 0 radical (unpaired) electrons. The number of hydrogen-bond donors (Lipinski definition) is 1. The predicted molar refractivity (Wildman–Crippen MR) is 91.6 cm³/mol. The van der Waals surface area contributed by atoms with E-state index in [-0.39, 0.29) is 11.9 Å². The van der Waals surface area contributed by atoms with Gasteiger partial charge < -0.3 is 5.32 Å². The van der Waals surface area contributed by atoms with Gasteiger partial charge >= 0.3 is 0 Å². The summed E-state index contributed by atoms with van der Waals surface area (Å²) in [4.78, 5) is 0. The van der Waals surface area contributed by atoms with Crippen LogP contribution in [-0.4, -0.2) is 7.05 Å². The van der Waals surface area contributed by atoms with E-state index in [0.29, 0.717) is 4.47 Å². The molecule has 1 atom stereocenters. The summed E-state index contributed by atoms with van der Waals surface area (Å²) in [7, 11) is 1.89. The fourth-order valence-corrected chi connectivity index (χ4v) is 3.52. The van der Waals surface area contributed by atoms with Gasteiger partial charge in [-0.1, -0.05) is 37.9 Å². The lowest BCUT2D eigenvalue weighted by molar-refractivity contribution is 0.616. The van der Waals surface area contributed by atoms with E-state index in [9.17, 15) is 4.39 Å². The van der Waals surface area contributed by atoms with Crippen molar-refractivity contribution < 1.29 is 4.39 Å². The topological polar surface area (TPSA) is 12.0 Å². The van der Waals surface area contributed by atoms with Gasteiger partial charge in [-0.2, -0.15) is 0 Å². The second-order valence-corrected chi connectivity index (χ2v) is 7.08. The third kappa shape index (κ3) is 3.32. The Balaban J connectivity index is 2.52. The Morgan fingerprint density at radius 1 is 1.00 bits per heavy atom. The summed E-state index contributed by atoms with van der Waals surface area (Å²) in [5, 5.41) is 3.27. The second kappa shape index (κ2) is 6.69. The van der Waals surface area contributed by atoms with Crippen molar-refractivity contribution in [2.75, 3.05) is 7.05 Å². The van der Waals surface area contributed by atoms with Crippen molar-refractivity contribution in [3.63, 3.8) is 0 Å². The Labute approximate surface area is 143 Å². The van der Waals surface area contributed by atoms with Crippen LogP contribution in [0.25, 0.3) is 0 Å². The first kappa shape index (κ1) is 16.1. The summed E-state index contributed by atoms with van der Waals surface area (Å²) in [5.74, 6) is -0.257. The van der Waals surface area contributed by atoms with E-state index in [0.717, 1.165) is 25.6 Å². The summed E-state index contributed by atoms with van der Waals surface area (Å²) >= 11 is 10.4. The normalized spacial score (nSPS) is 12.5. The van der Waals surface area contributed by atoms with Crippen LogP contribution in [0.1, 0.15) is 22.7 Å². The summed E-state index contributed by atoms with van der Waals surface area (Å²) in [6, 6.07) is 9.21. The number of nitrogens with one attached hydrogen (secondary N) is 1. The molecular formula is C15H13Br3FN. The second-order valence-electron chi connectivity index (χ2n) is 4.52. The molecule has 0 aliphatic heterocycles. The van der Waals surface area contributed by atoms with Crippen LogP contribution in [0, 0.1) is 12.7 Å². The fraction of sp³-hybridized carbons (Fsp3) is 0.200. The van der Waals surface area contributed by atoms with Gasteiger partial charge in [0.15, 0.2) is 0 Å². The van der Waals surface area contributed by atoms with Crippen LogP contribution < -0.4 is 5.32 Å². The Kier molecular flexibility index (Phi) is 5.40. The first-order chi connectivity index (χ1) is 9.43. The van der Waals surface area contributed by atoms with Crippen molar-refractivity contribution in [1.29, 1.82) is 0 Å². The minimum atomic E-state index is -0.257. The van der Waals surface area contributed by atoms with Crippen LogP contribution in [0.15, 0.2) is 43.7 Å². The van der Waals surface area contributed by atoms with Crippen molar-refractivity contribution in [2.45, 2.75) is 13.0 Å². The lowest BCUT2D eigenvalue weighted by atomic mass is 9.98. The number of hydrogen-bond acceptors (Lipinski definition) is 1. The molecule has 106 valence electrons. The highest BCUT2D eigenvalue weighted by Crippen LogP contribution is 2.34. The van der Waals surface area contributed by atoms with Gasteiger partial charge in [-0.05, 0) is 70.9 Å². The third-order valence-corrected chi connectivity index (χ3v) is 5.30.